The monoisotopic (exact) mass is 358 g/mol. The van der Waals surface area contributed by atoms with Gasteiger partial charge in [-0.05, 0) is 37.6 Å². The molecule has 0 unspecified atom stereocenters. The van der Waals surface area contributed by atoms with E-state index in [1.54, 1.807) is 29.2 Å². The summed E-state index contributed by atoms with van der Waals surface area (Å²) in [4.78, 5) is 28.1. The second-order valence-corrected chi connectivity index (χ2v) is 6.62. The Bertz CT molecular complexity index is 731. The summed E-state index contributed by atoms with van der Waals surface area (Å²) in [6.07, 6.45) is 0. The molecule has 0 spiro atoms. The Balaban J connectivity index is 2.18. The van der Waals surface area contributed by atoms with Gasteiger partial charge in [-0.2, -0.15) is 0 Å². The van der Waals surface area contributed by atoms with Crippen molar-refractivity contribution in [3.8, 4) is 0 Å². The van der Waals surface area contributed by atoms with Crippen molar-refractivity contribution >= 4 is 29.1 Å². The van der Waals surface area contributed by atoms with Crippen molar-refractivity contribution in [2.75, 3.05) is 11.4 Å². The van der Waals surface area contributed by atoms with E-state index in [0.717, 1.165) is 5.56 Å². The number of nitrogens with zero attached hydrogens (tertiary/aromatic N) is 2. The fraction of sp³-hybridized carbons (Fsp3) is 0.300. The van der Waals surface area contributed by atoms with Crippen molar-refractivity contribution in [1.29, 1.82) is 0 Å². The molecule has 132 valence electrons. The zero-order valence-corrected chi connectivity index (χ0v) is 15.5. The molecule has 2 aromatic rings. The Hall–Kier alpha value is -2.33. The van der Waals surface area contributed by atoms with Gasteiger partial charge in [0.2, 0.25) is 11.8 Å². The number of anilines is 1. The van der Waals surface area contributed by atoms with Crippen LogP contribution in [0.3, 0.4) is 0 Å². The molecule has 0 aromatic heterocycles. The first-order chi connectivity index (χ1) is 11.9. The molecule has 0 aliphatic carbocycles. The minimum atomic E-state index is -0.195. The minimum Gasteiger partial charge on any atom is -0.334 e. The van der Waals surface area contributed by atoms with Crippen LogP contribution in [-0.4, -0.2) is 29.3 Å². The standard InChI is InChI=1S/C20H23ClN2O2/c1-15(2)22(13-17-8-5-4-6-9-17)20(25)14-23(16(3)24)19-11-7-10-18(21)12-19/h4-12,15H,13-14H2,1-3H3. The third-order valence-electron chi connectivity index (χ3n) is 3.93. The highest BCUT2D eigenvalue weighted by Crippen LogP contribution is 2.20. The first-order valence-corrected chi connectivity index (χ1v) is 8.63. The Morgan fingerprint density at radius 3 is 2.28 bits per heavy atom. The Morgan fingerprint density at radius 1 is 1.04 bits per heavy atom. The van der Waals surface area contributed by atoms with E-state index in [9.17, 15) is 9.59 Å². The van der Waals surface area contributed by atoms with Crippen LogP contribution in [0.4, 0.5) is 5.69 Å². The predicted molar refractivity (Wildman–Crippen MR) is 102 cm³/mol. The number of hydrogen-bond donors (Lipinski definition) is 0. The highest BCUT2D eigenvalue weighted by atomic mass is 35.5. The minimum absolute atomic E-state index is 0.0132. The van der Waals surface area contributed by atoms with Crippen molar-refractivity contribution in [3.63, 3.8) is 0 Å². The third-order valence-corrected chi connectivity index (χ3v) is 4.17. The predicted octanol–water partition coefficient (Wildman–Crippen LogP) is 4.13. The third kappa shape index (κ3) is 5.33. The number of carbonyl (C=O) groups is 2. The fourth-order valence-corrected chi connectivity index (χ4v) is 2.78. The molecule has 0 N–H and O–H groups in total. The van der Waals surface area contributed by atoms with Crippen molar-refractivity contribution in [1.82, 2.24) is 4.90 Å². The summed E-state index contributed by atoms with van der Waals surface area (Å²) in [5, 5.41) is 0.529. The molecule has 0 atom stereocenters. The first kappa shape index (κ1) is 19.0. The van der Waals surface area contributed by atoms with Crippen LogP contribution in [0.15, 0.2) is 54.6 Å². The maximum atomic E-state index is 12.9. The van der Waals surface area contributed by atoms with E-state index in [-0.39, 0.29) is 24.4 Å². The van der Waals surface area contributed by atoms with E-state index in [1.807, 2.05) is 44.2 Å². The van der Waals surface area contributed by atoms with Crippen LogP contribution in [-0.2, 0) is 16.1 Å². The van der Waals surface area contributed by atoms with Crippen molar-refractivity contribution < 1.29 is 9.59 Å². The maximum absolute atomic E-state index is 12.9. The highest BCUT2D eigenvalue weighted by Gasteiger charge is 2.22. The number of benzene rings is 2. The normalized spacial score (nSPS) is 10.6. The summed E-state index contributed by atoms with van der Waals surface area (Å²) < 4.78 is 0. The quantitative estimate of drug-likeness (QED) is 0.779. The molecular formula is C20H23ClN2O2. The van der Waals surface area contributed by atoms with Crippen LogP contribution in [0.2, 0.25) is 5.02 Å². The van der Waals surface area contributed by atoms with Crippen molar-refractivity contribution in [3.05, 3.63) is 65.2 Å². The molecule has 0 radical (unpaired) electrons. The molecule has 0 saturated heterocycles. The Morgan fingerprint density at radius 2 is 1.72 bits per heavy atom. The summed E-state index contributed by atoms with van der Waals surface area (Å²) in [5.74, 6) is -0.298. The van der Waals surface area contributed by atoms with Gasteiger partial charge in [0.05, 0.1) is 0 Å². The van der Waals surface area contributed by atoms with Crippen LogP contribution in [0.5, 0.6) is 0 Å². The van der Waals surface area contributed by atoms with Gasteiger partial charge < -0.3 is 9.80 Å². The van der Waals surface area contributed by atoms with Gasteiger partial charge in [-0.1, -0.05) is 48.0 Å². The zero-order chi connectivity index (χ0) is 18.4. The highest BCUT2D eigenvalue weighted by molar-refractivity contribution is 6.30. The molecule has 0 bridgehead atoms. The van der Waals surface area contributed by atoms with Crippen LogP contribution in [0.25, 0.3) is 0 Å². The molecule has 2 aromatic carbocycles. The molecule has 5 heteroatoms. The molecule has 2 amide bonds. The molecule has 0 fully saturated rings. The summed E-state index contributed by atoms with van der Waals surface area (Å²) >= 11 is 6.02. The summed E-state index contributed by atoms with van der Waals surface area (Å²) in [6, 6.07) is 16.8. The van der Waals surface area contributed by atoms with Gasteiger partial charge in [-0.25, -0.2) is 0 Å². The van der Waals surface area contributed by atoms with E-state index < -0.39 is 0 Å². The number of halogens is 1. The van der Waals surface area contributed by atoms with E-state index >= 15 is 0 Å². The lowest BCUT2D eigenvalue weighted by molar-refractivity contribution is -0.133. The smallest absolute Gasteiger partial charge is 0.243 e. The number of carbonyl (C=O) groups excluding carboxylic acids is 2. The molecule has 0 heterocycles. The molecule has 25 heavy (non-hydrogen) atoms. The van der Waals surface area contributed by atoms with E-state index in [1.165, 1.54) is 11.8 Å². The first-order valence-electron chi connectivity index (χ1n) is 8.25. The Labute approximate surface area is 154 Å². The second kappa shape index (κ2) is 8.67. The SMILES string of the molecule is CC(=O)N(CC(=O)N(Cc1ccccc1)C(C)C)c1cccc(Cl)c1. The van der Waals surface area contributed by atoms with E-state index in [4.69, 9.17) is 11.6 Å². The van der Waals surface area contributed by atoms with Gasteiger partial charge in [-0.15, -0.1) is 0 Å². The molecule has 0 saturated carbocycles. The van der Waals surface area contributed by atoms with Gasteiger partial charge in [0.25, 0.3) is 0 Å². The summed E-state index contributed by atoms with van der Waals surface area (Å²) in [6.45, 7) is 5.89. The fourth-order valence-electron chi connectivity index (χ4n) is 2.59. The van der Waals surface area contributed by atoms with Crippen LogP contribution in [0, 0.1) is 0 Å². The second-order valence-electron chi connectivity index (χ2n) is 6.19. The van der Waals surface area contributed by atoms with Crippen LogP contribution in [0.1, 0.15) is 26.3 Å². The number of amides is 2. The molecule has 0 aliphatic heterocycles. The molecule has 2 rings (SSSR count). The zero-order valence-electron chi connectivity index (χ0n) is 14.8. The maximum Gasteiger partial charge on any atom is 0.243 e. The van der Waals surface area contributed by atoms with E-state index in [0.29, 0.717) is 17.3 Å². The van der Waals surface area contributed by atoms with E-state index in [2.05, 4.69) is 0 Å². The van der Waals surface area contributed by atoms with Crippen molar-refractivity contribution in [2.24, 2.45) is 0 Å². The lowest BCUT2D eigenvalue weighted by Crippen LogP contribution is -2.44. The van der Waals surface area contributed by atoms with Crippen LogP contribution >= 0.6 is 11.6 Å². The average molecular weight is 359 g/mol. The van der Waals surface area contributed by atoms with Gasteiger partial charge >= 0.3 is 0 Å². The van der Waals surface area contributed by atoms with Crippen LogP contribution < -0.4 is 4.90 Å². The number of hydrogen-bond acceptors (Lipinski definition) is 2. The lowest BCUT2D eigenvalue weighted by Gasteiger charge is -2.30. The van der Waals surface area contributed by atoms with Gasteiger partial charge in [0.15, 0.2) is 0 Å². The largest absolute Gasteiger partial charge is 0.334 e. The number of rotatable bonds is 6. The molecule has 4 nitrogen and oxygen atoms in total. The average Bonchev–Trinajstić information content (AvgIpc) is 2.57. The topological polar surface area (TPSA) is 40.6 Å². The lowest BCUT2D eigenvalue weighted by atomic mass is 10.2. The molecular weight excluding hydrogens is 336 g/mol. The van der Waals surface area contributed by atoms with Gasteiger partial charge in [0, 0.05) is 30.2 Å². The van der Waals surface area contributed by atoms with Gasteiger partial charge in [0.1, 0.15) is 6.54 Å². The van der Waals surface area contributed by atoms with Crippen molar-refractivity contribution in [2.45, 2.75) is 33.4 Å². The Kier molecular flexibility index (Phi) is 6.59. The molecule has 0 aliphatic rings. The summed E-state index contributed by atoms with van der Waals surface area (Å²) in [5.41, 5.74) is 1.68. The van der Waals surface area contributed by atoms with Gasteiger partial charge in [-0.3, -0.25) is 9.59 Å². The summed E-state index contributed by atoms with van der Waals surface area (Å²) in [7, 11) is 0.